The van der Waals surface area contributed by atoms with Crippen LogP contribution in [0.25, 0.3) is 10.8 Å². The molecule has 59 valence electrons. The van der Waals surface area contributed by atoms with Crippen molar-refractivity contribution in [1.29, 1.82) is 0 Å². The van der Waals surface area contributed by atoms with Crippen LogP contribution in [0.2, 0.25) is 0 Å². The monoisotopic (exact) mass is 159 g/mol. The molecule has 2 N–H and O–H groups in total. The molecule has 0 aliphatic carbocycles. The van der Waals surface area contributed by atoms with E-state index in [1.54, 1.807) is 18.2 Å². The molecule has 0 aromatic heterocycles. The van der Waals surface area contributed by atoms with Crippen LogP contribution in [-0.2, 0) is 0 Å². The van der Waals surface area contributed by atoms with Gasteiger partial charge in [-0.3, -0.25) is 0 Å². The van der Waals surface area contributed by atoms with Crippen LogP contribution >= 0.6 is 0 Å². The molecule has 0 spiro atoms. The number of benzene rings is 2. The molecule has 2 rings (SSSR count). The lowest BCUT2D eigenvalue weighted by Gasteiger charge is -2.01. The Bertz CT molecular complexity index is 381. The molecule has 12 heavy (non-hydrogen) atoms. The van der Waals surface area contributed by atoms with Crippen LogP contribution in [0.4, 0.5) is 0 Å². The van der Waals surface area contributed by atoms with Gasteiger partial charge in [-0.05, 0) is 18.2 Å². The fourth-order valence-corrected chi connectivity index (χ4v) is 1.19. The molecule has 2 aromatic carbocycles. The Morgan fingerprint density at radius 2 is 1.75 bits per heavy atom. The molecule has 0 fully saturated rings. The molecule has 2 aromatic rings. The Hall–Kier alpha value is -1.70. The molecule has 0 amide bonds. The molecule has 0 aliphatic heterocycles. The van der Waals surface area contributed by atoms with Gasteiger partial charge in [-0.15, -0.1) is 0 Å². The summed E-state index contributed by atoms with van der Waals surface area (Å²) in [6, 6.07) is 11.0. The lowest BCUT2D eigenvalue weighted by molar-refractivity contribution is 0.469. The summed E-state index contributed by atoms with van der Waals surface area (Å²) in [5, 5.41) is 19.9. The van der Waals surface area contributed by atoms with Crippen molar-refractivity contribution in [3.05, 3.63) is 36.4 Å². The number of hydrogen-bond donors (Lipinski definition) is 2. The van der Waals surface area contributed by atoms with Gasteiger partial charge in [-0.25, -0.2) is 0 Å². The van der Waals surface area contributed by atoms with E-state index in [0.717, 1.165) is 0 Å². The van der Waals surface area contributed by atoms with E-state index in [-0.39, 0.29) is 11.5 Å². The molecule has 0 aliphatic rings. The summed E-state index contributed by atoms with van der Waals surface area (Å²) in [7, 11) is 0. The highest BCUT2D eigenvalue weighted by molar-refractivity contribution is 5.92. The van der Waals surface area contributed by atoms with E-state index in [1.165, 1.54) is 12.1 Å². The van der Waals surface area contributed by atoms with Crippen LogP contribution in [-0.4, -0.2) is 10.2 Å². The molecule has 1 radical (unpaired) electrons. The summed E-state index contributed by atoms with van der Waals surface area (Å²) in [5.41, 5.74) is 0. The molecule has 2 nitrogen and oxygen atoms in total. The minimum Gasteiger partial charge on any atom is -0.507 e. The van der Waals surface area contributed by atoms with E-state index < -0.39 is 0 Å². The summed E-state index contributed by atoms with van der Waals surface area (Å²) < 4.78 is 0. The second-order valence-electron chi connectivity index (χ2n) is 2.56. The van der Waals surface area contributed by atoms with E-state index in [9.17, 15) is 10.2 Å². The van der Waals surface area contributed by atoms with Crippen molar-refractivity contribution in [3.63, 3.8) is 0 Å². The predicted octanol–water partition coefficient (Wildman–Crippen LogP) is 2.05. The summed E-state index contributed by atoms with van der Waals surface area (Å²) in [6.07, 6.45) is 0. The first-order chi connectivity index (χ1) is 5.79. The van der Waals surface area contributed by atoms with Crippen molar-refractivity contribution in [1.82, 2.24) is 0 Å². The highest BCUT2D eigenvalue weighted by atomic mass is 16.3. The van der Waals surface area contributed by atoms with Crippen LogP contribution in [0.3, 0.4) is 0 Å². The zero-order valence-corrected chi connectivity index (χ0v) is 6.28. The number of hydrogen-bond acceptors (Lipinski definition) is 2. The predicted molar refractivity (Wildman–Crippen MR) is 46.1 cm³/mol. The standard InChI is InChI=1S/C10H7O2/c11-9-5-6-10(12)8-4-2-1-3-7(8)9/h1-3,5-6,11-12H. The smallest absolute Gasteiger partial charge is 0.124 e. The normalized spacial score (nSPS) is 10.3. The Kier molecular flexibility index (Phi) is 1.40. The summed E-state index contributed by atoms with van der Waals surface area (Å²) in [5.74, 6) is 0.308. The van der Waals surface area contributed by atoms with Crippen LogP contribution < -0.4 is 0 Å². The largest absolute Gasteiger partial charge is 0.507 e. The molecule has 0 bridgehead atoms. The second-order valence-corrected chi connectivity index (χ2v) is 2.56. The molecule has 2 heteroatoms. The van der Waals surface area contributed by atoms with Gasteiger partial charge in [0.15, 0.2) is 0 Å². The van der Waals surface area contributed by atoms with E-state index in [2.05, 4.69) is 6.07 Å². The van der Waals surface area contributed by atoms with E-state index in [0.29, 0.717) is 10.8 Å². The third-order valence-corrected chi connectivity index (χ3v) is 1.79. The maximum absolute atomic E-state index is 9.36. The maximum Gasteiger partial charge on any atom is 0.124 e. The van der Waals surface area contributed by atoms with Gasteiger partial charge in [0.2, 0.25) is 0 Å². The molecule has 0 unspecified atom stereocenters. The van der Waals surface area contributed by atoms with Gasteiger partial charge in [0.1, 0.15) is 11.5 Å². The molecular formula is C10H7O2. The minimum atomic E-state index is 0.142. The maximum atomic E-state index is 9.36. The first-order valence-corrected chi connectivity index (χ1v) is 3.60. The quantitative estimate of drug-likeness (QED) is 0.577. The van der Waals surface area contributed by atoms with Gasteiger partial charge in [0, 0.05) is 10.8 Å². The Labute approximate surface area is 69.7 Å². The van der Waals surface area contributed by atoms with Gasteiger partial charge < -0.3 is 10.2 Å². The zero-order chi connectivity index (χ0) is 8.55. The van der Waals surface area contributed by atoms with Crippen LogP contribution in [0.1, 0.15) is 0 Å². The van der Waals surface area contributed by atoms with Crippen molar-refractivity contribution in [2.45, 2.75) is 0 Å². The number of fused-ring (bicyclic) bond motifs is 1. The fourth-order valence-electron chi connectivity index (χ4n) is 1.19. The Morgan fingerprint density at radius 3 is 2.50 bits per heavy atom. The van der Waals surface area contributed by atoms with E-state index in [4.69, 9.17) is 0 Å². The topological polar surface area (TPSA) is 40.5 Å². The van der Waals surface area contributed by atoms with Crippen molar-refractivity contribution < 1.29 is 10.2 Å². The lowest BCUT2D eigenvalue weighted by atomic mass is 10.1. The highest BCUT2D eigenvalue weighted by Gasteiger charge is 2.01. The molecule has 0 saturated heterocycles. The number of phenolic OH excluding ortho intramolecular Hbond substituents is 2. The molecule has 0 heterocycles. The fraction of sp³-hybridized carbons (Fsp3) is 0. The highest BCUT2D eigenvalue weighted by Crippen LogP contribution is 2.30. The van der Waals surface area contributed by atoms with Crippen molar-refractivity contribution in [3.8, 4) is 11.5 Å². The van der Waals surface area contributed by atoms with Crippen LogP contribution in [0.15, 0.2) is 30.3 Å². The first-order valence-electron chi connectivity index (χ1n) is 3.60. The number of rotatable bonds is 0. The van der Waals surface area contributed by atoms with Gasteiger partial charge >= 0.3 is 0 Å². The number of phenols is 2. The average Bonchev–Trinajstić information content (AvgIpc) is 2.12. The summed E-state index contributed by atoms with van der Waals surface area (Å²) in [4.78, 5) is 0. The second kappa shape index (κ2) is 2.41. The lowest BCUT2D eigenvalue weighted by Crippen LogP contribution is -1.74. The number of aromatic hydroxyl groups is 2. The third-order valence-electron chi connectivity index (χ3n) is 1.79. The van der Waals surface area contributed by atoms with Gasteiger partial charge in [-0.2, -0.15) is 0 Å². The summed E-state index contributed by atoms with van der Waals surface area (Å²) >= 11 is 0. The molecule has 0 saturated carbocycles. The first kappa shape index (κ1) is 6.98. The van der Waals surface area contributed by atoms with E-state index in [1.807, 2.05) is 0 Å². The SMILES string of the molecule is Oc1ccc(O)c2ccc[c]c12. The third kappa shape index (κ3) is 0.889. The summed E-state index contributed by atoms with van der Waals surface area (Å²) in [6.45, 7) is 0. The zero-order valence-electron chi connectivity index (χ0n) is 6.28. The Balaban J connectivity index is 2.95. The van der Waals surface area contributed by atoms with Crippen molar-refractivity contribution >= 4 is 10.8 Å². The van der Waals surface area contributed by atoms with Gasteiger partial charge in [0.05, 0.1) is 0 Å². The van der Waals surface area contributed by atoms with E-state index >= 15 is 0 Å². The van der Waals surface area contributed by atoms with Gasteiger partial charge in [-0.1, -0.05) is 18.2 Å². The van der Waals surface area contributed by atoms with Crippen molar-refractivity contribution in [2.24, 2.45) is 0 Å². The van der Waals surface area contributed by atoms with Gasteiger partial charge in [0.25, 0.3) is 0 Å². The minimum absolute atomic E-state index is 0.142. The molecule has 0 atom stereocenters. The molecular weight excluding hydrogens is 152 g/mol. The van der Waals surface area contributed by atoms with Crippen molar-refractivity contribution in [2.75, 3.05) is 0 Å². The Morgan fingerprint density at radius 1 is 1.00 bits per heavy atom. The average molecular weight is 159 g/mol. The van der Waals surface area contributed by atoms with Crippen LogP contribution in [0, 0.1) is 6.07 Å². The van der Waals surface area contributed by atoms with Crippen LogP contribution in [0.5, 0.6) is 11.5 Å².